The molecule has 0 bridgehead atoms. The largest absolute Gasteiger partial charge is 0.481 e. The molecule has 24 heavy (non-hydrogen) atoms. The number of esters is 1. The van der Waals surface area contributed by atoms with E-state index in [1.165, 1.54) is 0 Å². The summed E-state index contributed by atoms with van der Waals surface area (Å²) in [5, 5.41) is 12.1. The molecular formula is C19H21NO4. The smallest absolute Gasteiger partial charge is 0.307 e. The third-order valence-electron chi connectivity index (χ3n) is 3.51. The highest BCUT2D eigenvalue weighted by molar-refractivity contribution is 5.73. The van der Waals surface area contributed by atoms with Crippen LogP contribution >= 0.6 is 0 Å². The van der Waals surface area contributed by atoms with Crippen molar-refractivity contribution in [2.75, 3.05) is 0 Å². The SMILES string of the molecule is O=C(O)C[C@H](CC(=O)OCc1ccccc1)NCc1ccccc1. The molecule has 0 heterocycles. The highest BCUT2D eigenvalue weighted by Crippen LogP contribution is 2.07. The number of carboxylic acid groups (broad SMARTS) is 1. The lowest BCUT2D eigenvalue weighted by Gasteiger charge is -2.16. The van der Waals surface area contributed by atoms with Crippen molar-refractivity contribution in [2.24, 2.45) is 0 Å². The Morgan fingerprint density at radius 3 is 2.08 bits per heavy atom. The van der Waals surface area contributed by atoms with Crippen molar-refractivity contribution in [1.29, 1.82) is 0 Å². The van der Waals surface area contributed by atoms with Crippen LogP contribution in [-0.2, 0) is 27.5 Å². The molecule has 0 aliphatic rings. The van der Waals surface area contributed by atoms with Crippen molar-refractivity contribution in [3.63, 3.8) is 0 Å². The van der Waals surface area contributed by atoms with Crippen LogP contribution in [0.4, 0.5) is 0 Å². The lowest BCUT2D eigenvalue weighted by atomic mass is 10.1. The number of benzene rings is 2. The summed E-state index contributed by atoms with van der Waals surface area (Å²) < 4.78 is 5.22. The van der Waals surface area contributed by atoms with E-state index in [-0.39, 0.29) is 19.4 Å². The van der Waals surface area contributed by atoms with E-state index in [1.54, 1.807) is 0 Å². The average Bonchev–Trinajstić information content (AvgIpc) is 2.59. The minimum atomic E-state index is -0.948. The van der Waals surface area contributed by atoms with Crippen LogP contribution in [0.15, 0.2) is 60.7 Å². The number of carbonyl (C=O) groups excluding carboxylic acids is 1. The number of ether oxygens (including phenoxy) is 1. The van der Waals surface area contributed by atoms with E-state index in [1.807, 2.05) is 60.7 Å². The second kappa shape index (κ2) is 9.47. The standard InChI is InChI=1S/C19H21NO4/c21-18(22)11-17(20-13-15-7-3-1-4-8-15)12-19(23)24-14-16-9-5-2-6-10-16/h1-10,17,20H,11-14H2,(H,21,22)/t17-/m1/s1. The quantitative estimate of drug-likeness (QED) is 0.693. The van der Waals surface area contributed by atoms with Crippen molar-refractivity contribution in [3.8, 4) is 0 Å². The minimum Gasteiger partial charge on any atom is -0.481 e. The van der Waals surface area contributed by atoms with Gasteiger partial charge in [0.2, 0.25) is 0 Å². The molecule has 2 rings (SSSR count). The summed E-state index contributed by atoms with van der Waals surface area (Å²) in [5.41, 5.74) is 1.93. The van der Waals surface area contributed by atoms with Crippen LogP contribution in [0.1, 0.15) is 24.0 Å². The number of hydrogen-bond acceptors (Lipinski definition) is 4. The molecule has 0 saturated carbocycles. The Morgan fingerprint density at radius 2 is 1.50 bits per heavy atom. The summed E-state index contributed by atoms with van der Waals surface area (Å²) >= 11 is 0. The van der Waals surface area contributed by atoms with Gasteiger partial charge in [0.15, 0.2) is 0 Å². The first kappa shape index (κ1) is 17.7. The van der Waals surface area contributed by atoms with Crippen molar-refractivity contribution in [2.45, 2.75) is 32.0 Å². The Hall–Kier alpha value is -2.66. The van der Waals surface area contributed by atoms with E-state index in [4.69, 9.17) is 9.84 Å². The van der Waals surface area contributed by atoms with E-state index >= 15 is 0 Å². The van der Waals surface area contributed by atoms with Crippen LogP contribution in [0.25, 0.3) is 0 Å². The van der Waals surface area contributed by atoms with Gasteiger partial charge in [0.1, 0.15) is 6.61 Å². The normalized spacial score (nSPS) is 11.7. The monoisotopic (exact) mass is 327 g/mol. The van der Waals surface area contributed by atoms with E-state index in [2.05, 4.69) is 5.32 Å². The third kappa shape index (κ3) is 6.62. The Labute approximate surface area is 141 Å². The molecule has 0 aromatic heterocycles. The first-order valence-corrected chi connectivity index (χ1v) is 7.82. The highest BCUT2D eigenvalue weighted by atomic mass is 16.5. The fraction of sp³-hybridized carbons (Fsp3) is 0.263. The fourth-order valence-electron chi connectivity index (χ4n) is 2.28. The maximum absolute atomic E-state index is 12.0. The van der Waals surface area contributed by atoms with Crippen LogP contribution in [0.5, 0.6) is 0 Å². The van der Waals surface area contributed by atoms with E-state index < -0.39 is 18.0 Å². The van der Waals surface area contributed by atoms with Gasteiger partial charge in [-0.05, 0) is 11.1 Å². The number of aliphatic carboxylic acids is 1. The van der Waals surface area contributed by atoms with Crippen molar-refractivity contribution in [1.82, 2.24) is 5.32 Å². The Balaban J connectivity index is 1.83. The number of rotatable bonds is 9. The third-order valence-corrected chi connectivity index (χ3v) is 3.51. The topological polar surface area (TPSA) is 75.6 Å². The molecule has 0 aliphatic carbocycles. The lowest BCUT2D eigenvalue weighted by Crippen LogP contribution is -2.33. The van der Waals surface area contributed by atoms with E-state index in [9.17, 15) is 9.59 Å². The van der Waals surface area contributed by atoms with Gasteiger partial charge in [-0.1, -0.05) is 60.7 Å². The molecule has 1 atom stereocenters. The van der Waals surface area contributed by atoms with Crippen molar-refractivity contribution >= 4 is 11.9 Å². The molecule has 2 aromatic rings. The molecule has 0 saturated heterocycles. The molecule has 5 nitrogen and oxygen atoms in total. The van der Waals surface area contributed by atoms with Gasteiger partial charge < -0.3 is 15.2 Å². The maximum atomic E-state index is 12.0. The zero-order chi connectivity index (χ0) is 17.2. The predicted molar refractivity (Wildman–Crippen MR) is 90.2 cm³/mol. The number of carboxylic acids is 1. The predicted octanol–water partition coefficient (Wildman–Crippen LogP) is 2.75. The minimum absolute atomic E-state index is 0.0198. The Bertz CT molecular complexity index is 643. The Morgan fingerprint density at radius 1 is 0.917 bits per heavy atom. The van der Waals surface area contributed by atoms with Crippen LogP contribution in [-0.4, -0.2) is 23.1 Å². The first-order chi connectivity index (χ1) is 11.6. The lowest BCUT2D eigenvalue weighted by molar-refractivity contribution is -0.146. The molecule has 0 aliphatic heterocycles. The maximum Gasteiger partial charge on any atom is 0.307 e. The highest BCUT2D eigenvalue weighted by Gasteiger charge is 2.18. The second-order valence-electron chi connectivity index (χ2n) is 5.51. The van der Waals surface area contributed by atoms with Crippen LogP contribution in [0.2, 0.25) is 0 Å². The molecule has 2 aromatic carbocycles. The van der Waals surface area contributed by atoms with Gasteiger partial charge in [0.25, 0.3) is 0 Å². The van der Waals surface area contributed by atoms with E-state index in [0.717, 1.165) is 11.1 Å². The average molecular weight is 327 g/mol. The van der Waals surface area contributed by atoms with Crippen LogP contribution in [0, 0.1) is 0 Å². The van der Waals surface area contributed by atoms with Gasteiger partial charge in [0, 0.05) is 12.6 Å². The summed E-state index contributed by atoms with van der Waals surface area (Å²) in [6.45, 7) is 0.697. The van der Waals surface area contributed by atoms with Gasteiger partial charge >= 0.3 is 11.9 Å². The van der Waals surface area contributed by atoms with Crippen LogP contribution in [0.3, 0.4) is 0 Å². The summed E-state index contributed by atoms with van der Waals surface area (Å²) in [4.78, 5) is 23.0. The molecule has 0 radical (unpaired) electrons. The summed E-state index contributed by atoms with van der Waals surface area (Å²) in [7, 11) is 0. The van der Waals surface area contributed by atoms with Crippen molar-refractivity contribution in [3.05, 3.63) is 71.8 Å². The van der Waals surface area contributed by atoms with Gasteiger partial charge in [-0.15, -0.1) is 0 Å². The molecule has 0 spiro atoms. The molecule has 2 N–H and O–H groups in total. The van der Waals surface area contributed by atoms with E-state index in [0.29, 0.717) is 6.54 Å². The van der Waals surface area contributed by atoms with Crippen molar-refractivity contribution < 1.29 is 19.4 Å². The number of nitrogens with one attached hydrogen (secondary N) is 1. The fourth-order valence-corrected chi connectivity index (χ4v) is 2.28. The molecule has 126 valence electrons. The number of carbonyl (C=O) groups is 2. The molecule has 5 heteroatoms. The van der Waals surface area contributed by atoms with Gasteiger partial charge in [-0.25, -0.2) is 0 Å². The molecule has 0 fully saturated rings. The molecule has 0 amide bonds. The van der Waals surface area contributed by atoms with Crippen LogP contribution < -0.4 is 5.32 Å². The number of hydrogen-bond donors (Lipinski definition) is 2. The zero-order valence-electron chi connectivity index (χ0n) is 13.4. The first-order valence-electron chi connectivity index (χ1n) is 7.82. The molecule has 0 unspecified atom stereocenters. The second-order valence-corrected chi connectivity index (χ2v) is 5.51. The molecular weight excluding hydrogens is 306 g/mol. The summed E-state index contributed by atoms with van der Waals surface area (Å²) in [6.07, 6.45) is -0.112. The Kier molecular flexibility index (Phi) is 6.98. The zero-order valence-corrected chi connectivity index (χ0v) is 13.4. The summed E-state index contributed by atoms with van der Waals surface area (Å²) in [5.74, 6) is -1.36. The van der Waals surface area contributed by atoms with Gasteiger partial charge in [-0.2, -0.15) is 0 Å². The van der Waals surface area contributed by atoms with Gasteiger partial charge in [0.05, 0.1) is 12.8 Å². The van der Waals surface area contributed by atoms with Gasteiger partial charge in [-0.3, -0.25) is 9.59 Å². The summed E-state index contributed by atoms with van der Waals surface area (Å²) in [6, 6.07) is 18.5.